The van der Waals surface area contributed by atoms with Gasteiger partial charge in [-0.3, -0.25) is 4.68 Å². The standard InChI is InChI=1S/C16H23N3O2/c1-12(17)8-14-9-15(20-3)4-5-16(14)21-7-6-13-10-18-19(2)11-13/h4-5,9-12H,6-8,17H2,1-3H3. The van der Waals surface area contributed by atoms with Gasteiger partial charge < -0.3 is 15.2 Å². The van der Waals surface area contributed by atoms with Crippen molar-refractivity contribution in [2.24, 2.45) is 12.8 Å². The predicted octanol–water partition coefficient (Wildman–Crippen LogP) is 1.94. The first-order valence-electron chi connectivity index (χ1n) is 7.11. The average Bonchev–Trinajstić information content (AvgIpc) is 2.85. The Hall–Kier alpha value is -2.01. The van der Waals surface area contributed by atoms with E-state index < -0.39 is 0 Å². The van der Waals surface area contributed by atoms with Crippen LogP contribution in [0.5, 0.6) is 11.5 Å². The van der Waals surface area contributed by atoms with Gasteiger partial charge in [0.2, 0.25) is 0 Å². The zero-order chi connectivity index (χ0) is 15.2. The van der Waals surface area contributed by atoms with Crippen LogP contribution in [0.15, 0.2) is 30.6 Å². The number of hydrogen-bond acceptors (Lipinski definition) is 4. The van der Waals surface area contributed by atoms with E-state index in [9.17, 15) is 0 Å². The summed E-state index contributed by atoms with van der Waals surface area (Å²) in [6.45, 7) is 2.60. The van der Waals surface area contributed by atoms with Crippen molar-refractivity contribution >= 4 is 0 Å². The molecule has 114 valence electrons. The van der Waals surface area contributed by atoms with Crippen LogP contribution in [0.3, 0.4) is 0 Å². The van der Waals surface area contributed by atoms with Crippen LogP contribution in [0, 0.1) is 0 Å². The lowest BCUT2D eigenvalue weighted by atomic mass is 10.1. The van der Waals surface area contributed by atoms with Gasteiger partial charge in [-0.05, 0) is 42.7 Å². The molecule has 5 nitrogen and oxygen atoms in total. The Bertz CT molecular complexity index is 579. The topological polar surface area (TPSA) is 62.3 Å². The molecule has 0 saturated heterocycles. The van der Waals surface area contributed by atoms with E-state index in [1.54, 1.807) is 11.8 Å². The van der Waals surface area contributed by atoms with Gasteiger partial charge in [0, 0.05) is 25.7 Å². The lowest BCUT2D eigenvalue weighted by molar-refractivity contribution is 0.317. The number of methoxy groups -OCH3 is 1. The van der Waals surface area contributed by atoms with Crippen LogP contribution in [-0.4, -0.2) is 29.5 Å². The van der Waals surface area contributed by atoms with Crippen molar-refractivity contribution in [3.05, 3.63) is 41.7 Å². The molecule has 0 aliphatic heterocycles. The quantitative estimate of drug-likeness (QED) is 0.846. The van der Waals surface area contributed by atoms with Crippen LogP contribution < -0.4 is 15.2 Å². The van der Waals surface area contributed by atoms with Gasteiger partial charge in [0.25, 0.3) is 0 Å². The Labute approximate surface area is 125 Å². The van der Waals surface area contributed by atoms with E-state index in [0.717, 1.165) is 29.9 Å². The molecule has 1 atom stereocenters. The number of ether oxygens (including phenoxy) is 2. The molecule has 0 fully saturated rings. The highest BCUT2D eigenvalue weighted by Gasteiger charge is 2.08. The minimum absolute atomic E-state index is 0.0813. The van der Waals surface area contributed by atoms with Crippen molar-refractivity contribution < 1.29 is 9.47 Å². The summed E-state index contributed by atoms with van der Waals surface area (Å²) >= 11 is 0. The van der Waals surface area contributed by atoms with Crippen LogP contribution in [-0.2, 0) is 19.9 Å². The maximum atomic E-state index is 5.90. The molecule has 2 aromatic rings. The number of nitrogens with two attached hydrogens (primary N) is 1. The van der Waals surface area contributed by atoms with Gasteiger partial charge in [-0.1, -0.05) is 0 Å². The van der Waals surface area contributed by atoms with E-state index in [4.69, 9.17) is 15.2 Å². The number of hydrogen-bond donors (Lipinski definition) is 1. The van der Waals surface area contributed by atoms with E-state index >= 15 is 0 Å². The van der Waals surface area contributed by atoms with Crippen molar-refractivity contribution in [2.75, 3.05) is 13.7 Å². The van der Waals surface area contributed by atoms with E-state index in [1.807, 2.05) is 44.6 Å². The SMILES string of the molecule is COc1ccc(OCCc2cnn(C)c2)c(CC(C)N)c1. The number of benzene rings is 1. The third-order valence-electron chi connectivity index (χ3n) is 3.22. The maximum absolute atomic E-state index is 5.90. The van der Waals surface area contributed by atoms with Crippen LogP contribution in [0.25, 0.3) is 0 Å². The van der Waals surface area contributed by atoms with Gasteiger partial charge in [-0.2, -0.15) is 5.10 Å². The van der Waals surface area contributed by atoms with Gasteiger partial charge in [0.15, 0.2) is 0 Å². The Morgan fingerprint density at radius 1 is 1.38 bits per heavy atom. The lowest BCUT2D eigenvalue weighted by Crippen LogP contribution is -2.18. The molecule has 1 aromatic carbocycles. The largest absolute Gasteiger partial charge is 0.497 e. The van der Waals surface area contributed by atoms with Gasteiger partial charge in [0.1, 0.15) is 11.5 Å². The molecule has 2 rings (SSSR count). The fourth-order valence-corrected chi connectivity index (χ4v) is 2.21. The number of nitrogens with zero attached hydrogens (tertiary/aromatic N) is 2. The molecule has 0 spiro atoms. The molecule has 21 heavy (non-hydrogen) atoms. The van der Waals surface area contributed by atoms with Crippen molar-refractivity contribution in [2.45, 2.75) is 25.8 Å². The van der Waals surface area contributed by atoms with Gasteiger partial charge in [-0.15, -0.1) is 0 Å². The maximum Gasteiger partial charge on any atom is 0.122 e. The summed E-state index contributed by atoms with van der Waals surface area (Å²) in [6, 6.07) is 5.92. The summed E-state index contributed by atoms with van der Waals surface area (Å²) in [5, 5.41) is 4.15. The second kappa shape index (κ2) is 7.13. The minimum atomic E-state index is 0.0813. The van der Waals surface area contributed by atoms with E-state index in [0.29, 0.717) is 6.61 Å². The number of aryl methyl sites for hydroxylation is 1. The Morgan fingerprint density at radius 2 is 2.19 bits per heavy atom. The Morgan fingerprint density at radius 3 is 2.81 bits per heavy atom. The summed E-state index contributed by atoms with van der Waals surface area (Å²) in [7, 11) is 3.57. The van der Waals surface area contributed by atoms with E-state index in [-0.39, 0.29) is 6.04 Å². The molecule has 5 heteroatoms. The minimum Gasteiger partial charge on any atom is -0.497 e. The van der Waals surface area contributed by atoms with Crippen LogP contribution in [0.1, 0.15) is 18.1 Å². The fourth-order valence-electron chi connectivity index (χ4n) is 2.21. The Balaban J connectivity index is 2.00. The normalized spacial score (nSPS) is 12.2. The summed E-state index contributed by atoms with van der Waals surface area (Å²) in [4.78, 5) is 0. The zero-order valence-corrected chi connectivity index (χ0v) is 12.9. The second-order valence-electron chi connectivity index (χ2n) is 5.28. The lowest BCUT2D eigenvalue weighted by Gasteiger charge is -2.14. The summed E-state index contributed by atoms with van der Waals surface area (Å²) < 4.78 is 13.0. The van der Waals surface area contributed by atoms with Crippen LogP contribution >= 0.6 is 0 Å². The smallest absolute Gasteiger partial charge is 0.122 e. The molecule has 0 bridgehead atoms. The van der Waals surface area contributed by atoms with E-state index in [2.05, 4.69) is 5.10 Å². The van der Waals surface area contributed by atoms with Gasteiger partial charge >= 0.3 is 0 Å². The van der Waals surface area contributed by atoms with Crippen molar-refractivity contribution in [3.8, 4) is 11.5 Å². The number of aromatic nitrogens is 2. The molecule has 0 aliphatic carbocycles. The molecule has 0 saturated carbocycles. The molecular weight excluding hydrogens is 266 g/mol. The highest BCUT2D eigenvalue weighted by Crippen LogP contribution is 2.25. The van der Waals surface area contributed by atoms with Crippen LogP contribution in [0.4, 0.5) is 0 Å². The molecule has 0 radical (unpaired) electrons. The van der Waals surface area contributed by atoms with Crippen molar-refractivity contribution in [1.29, 1.82) is 0 Å². The average molecular weight is 289 g/mol. The third-order valence-corrected chi connectivity index (χ3v) is 3.22. The van der Waals surface area contributed by atoms with Crippen LogP contribution in [0.2, 0.25) is 0 Å². The molecule has 1 unspecified atom stereocenters. The summed E-state index contributed by atoms with van der Waals surface area (Å²) in [6.07, 6.45) is 5.46. The van der Waals surface area contributed by atoms with Crippen molar-refractivity contribution in [3.63, 3.8) is 0 Å². The van der Waals surface area contributed by atoms with Crippen molar-refractivity contribution in [1.82, 2.24) is 9.78 Å². The van der Waals surface area contributed by atoms with Gasteiger partial charge in [-0.25, -0.2) is 0 Å². The van der Waals surface area contributed by atoms with Gasteiger partial charge in [0.05, 0.1) is 19.9 Å². The summed E-state index contributed by atoms with van der Waals surface area (Å²) in [5.74, 6) is 1.70. The predicted molar refractivity (Wildman–Crippen MR) is 82.8 cm³/mol. The molecular formula is C16H23N3O2. The monoisotopic (exact) mass is 289 g/mol. The molecule has 2 N–H and O–H groups in total. The highest BCUT2D eigenvalue weighted by molar-refractivity contribution is 5.40. The molecule has 0 amide bonds. The van der Waals surface area contributed by atoms with E-state index in [1.165, 1.54) is 5.56 Å². The molecule has 0 aliphatic rings. The zero-order valence-electron chi connectivity index (χ0n) is 12.9. The summed E-state index contributed by atoms with van der Waals surface area (Å²) in [5.41, 5.74) is 8.15. The Kier molecular flexibility index (Phi) is 5.22. The second-order valence-corrected chi connectivity index (χ2v) is 5.28. The molecule has 1 heterocycles. The number of rotatable bonds is 7. The first kappa shape index (κ1) is 15.4. The highest BCUT2D eigenvalue weighted by atomic mass is 16.5. The fraction of sp³-hybridized carbons (Fsp3) is 0.438. The third kappa shape index (κ3) is 4.49. The first-order valence-corrected chi connectivity index (χ1v) is 7.11. The first-order chi connectivity index (χ1) is 10.1. The molecule has 1 aromatic heterocycles.